The van der Waals surface area contributed by atoms with Crippen molar-refractivity contribution >= 4 is 11.6 Å². The van der Waals surface area contributed by atoms with Crippen LogP contribution in [0.25, 0.3) is 0 Å². The van der Waals surface area contributed by atoms with Gasteiger partial charge in [0.2, 0.25) is 0 Å². The molecule has 0 bridgehead atoms. The minimum absolute atomic E-state index is 0.0829. The summed E-state index contributed by atoms with van der Waals surface area (Å²) in [4.78, 5) is 0. The maximum Gasteiger partial charge on any atom is 0.0775 e. The van der Waals surface area contributed by atoms with Crippen LogP contribution in [0.1, 0.15) is 31.9 Å². The summed E-state index contributed by atoms with van der Waals surface area (Å²) >= 11 is 6.32. The van der Waals surface area contributed by atoms with Gasteiger partial charge < -0.3 is 10.1 Å². The van der Waals surface area contributed by atoms with Gasteiger partial charge in [0.05, 0.1) is 6.10 Å². The lowest BCUT2D eigenvalue weighted by atomic mass is 9.82. The predicted molar refractivity (Wildman–Crippen MR) is 83.0 cm³/mol. The number of ether oxygens (including phenoxy) is 1. The van der Waals surface area contributed by atoms with Crippen LogP contribution >= 0.6 is 11.6 Å². The number of aryl methyl sites for hydroxylation is 1. The van der Waals surface area contributed by atoms with Crippen molar-refractivity contribution in [3.63, 3.8) is 0 Å². The van der Waals surface area contributed by atoms with E-state index in [1.165, 1.54) is 5.56 Å². The molecule has 1 aromatic carbocycles. The topological polar surface area (TPSA) is 21.3 Å². The molecule has 0 fully saturated rings. The highest BCUT2D eigenvalue weighted by Crippen LogP contribution is 2.28. The molecule has 2 atom stereocenters. The lowest BCUT2D eigenvalue weighted by Gasteiger charge is -2.36. The van der Waals surface area contributed by atoms with E-state index in [9.17, 15) is 0 Å². The molecule has 2 nitrogen and oxygen atoms in total. The average Bonchev–Trinajstić information content (AvgIpc) is 2.30. The second kappa shape index (κ2) is 6.74. The van der Waals surface area contributed by atoms with Crippen LogP contribution in [-0.2, 0) is 11.2 Å². The fourth-order valence-corrected chi connectivity index (χ4v) is 2.85. The van der Waals surface area contributed by atoms with Crippen LogP contribution in [0.3, 0.4) is 0 Å². The van der Waals surface area contributed by atoms with Crippen LogP contribution in [0.2, 0.25) is 5.02 Å². The molecule has 0 heterocycles. The largest absolute Gasteiger partial charge is 0.379 e. The Kier molecular flexibility index (Phi) is 5.84. The molecule has 0 spiro atoms. The van der Waals surface area contributed by atoms with E-state index >= 15 is 0 Å². The Balaban J connectivity index is 2.92. The van der Waals surface area contributed by atoms with Gasteiger partial charge in [-0.2, -0.15) is 0 Å². The second-order valence-corrected chi connectivity index (χ2v) is 6.62. The fourth-order valence-electron chi connectivity index (χ4n) is 2.54. The first-order valence-corrected chi connectivity index (χ1v) is 7.12. The zero-order valence-electron chi connectivity index (χ0n) is 12.9. The van der Waals surface area contributed by atoms with E-state index in [1.54, 1.807) is 7.11 Å². The van der Waals surface area contributed by atoms with Crippen molar-refractivity contribution < 1.29 is 4.74 Å². The number of likely N-dealkylation sites (N-methyl/N-ethyl adjacent to an activating group) is 1. The van der Waals surface area contributed by atoms with Gasteiger partial charge in [-0.15, -0.1) is 0 Å². The van der Waals surface area contributed by atoms with E-state index < -0.39 is 0 Å². The zero-order chi connectivity index (χ0) is 14.6. The lowest BCUT2D eigenvalue weighted by Crippen LogP contribution is -2.47. The molecule has 108 valence electrons. The molecular weight excluding hydrogens is 258 g/mol. The molecule has 0 aliphatic heterocycles. The van der Waals surface area contributed by atoms with Gasteiger partial charge in [0.1, 0.15) is 0 Å². The first-order valence-electron chi connectivity index (χ1n) is 6.74. The Morgan fingerprint density at radius 1 is 1.32 bits per heavy atom. The van der Waals surface area contributed by atoms with Crippen LogP contribution in [0.4, 0.5) is 0 Å². The number of benzene rings is 1. The lowest BCUT2D eigenvalue weighted by molar-refractivity contribution is -0.00920. The van der Waals surface area contributed by atoms with Gasteiger partial charge in [0.15, 0.2) is 0 Å². The Morgan fingerprint density at radius 2 is 1.95 bits per heavy atom. The van der Waals surface area contributed by atoms with Crippen molar-refractivity contribution in [2.75, 3.05) is 14.2 Å². The second-order valence-electron chi connectivity index (χ2n) is 6.22. The van der Waals surface area contributed by atoms with Crippen molar-refractivity contribution in [3.05, 3.63) is 34.3 Å². The summed E-state index contributed by atoms with van der Waals surface area (Å²) in [6.45, 7) is 8.64. The molecule has 0 aliphatic rings. The van der Waals surface area contributed by atoms with Crippen LogP contribution in [0.5, 0.6) is 0 Å². The van der Waals surface area contributed by atoms with E-state index in [1.807, 2.05) is 13.1 Å². The zero-order valence-corrected chi connectivity index (χ0v) is 13.6. The summed E-state index contributed by atoms with van der Waals surface area (Å²) in [5.41, 5.74) is 2.44. The first-order chi connectivity index (χ1) is 8.79. The molecule has 1 aromatic rings. The van der Waals surface area contributed by atoms with E-state index in [4.69, 9.17) is 16.3 Å². The average molecular weight is 284 g/mol. The molecule has 1 N–H and O–H groups in total. The van der Waals surface area contributed by atoms with Crippen LogP contribution in [0, 0.1) is 12.3 Å². The number of methoxy groups -OCH3 is 1. The van der Waals surface area contributed by atoms with Crippen molar-refractivity contribution in [2.24, 2.45) is 5.41 Å². The molecule has 0 saturated heterocycles. The maximum absolute atomic E-state index is 6.32. The van der Waals surface area contributed by atoms with Crippen molar-refractivity contribution in [1.82, 2.24) is 5.32 Å². The third-order valence-corrected chi connectivity index (χ3v) is 3.84. The summed E-state index contributed by atoms with van der Waals surface area (Å²) in [7, 11) is 3.75. The maximum atomic E-state index is 6.32. The van der Waals surface area contributed by atoms with E-state index in [-0.39, 0.29) is 17.6 Å². The molecule has 0 aliphatic carbocycles. The fraction of sp³-hybridized carbons (Fsp3) is 0.625. The summed E-state index contributed by atoms with van der Waals surface area (Å²) in [5.74, 6) is 0. The summed E-state index contributed by atoms with van der Waals surface area (Å²) in [6.07, 6.45) is 1.00. The predicted octanol–water partition coefficient (Wildman–Crippen LogP) is 3.84. The van der Waals surface area contributed by atoms with Crippen LogP contribution in [0.15, 0.2) is 18.2 Å². The van der Waals surface area contributed by atoms with Crippen molar-refractivity contribution in [3.8, 4) is 0 Å². The molecule has 3 heteroatoms. The minimum Gasteiger partial charge on any atom is -0.379 e. The minimum atomic E-state index is 0.0829. The van der Waals surface area contributed by atoms with Gasteiger partial charge in [-0.1, -0.05) is 44.5 Å². The summed E-state index contributed by atoms with van der Waals surface area (Å²) in [6, 6.07) is 6.47. The standard InChI is InChI=1S/C16H26ClNO/c1-11-7-8-12(13(17)9-11)10-14(18-5)15(19-6)16(2,3)4/h7-9,14-15,18H,10H2,1-6H3. The monoisotopic (exact) mass is 283 g/mol. The third-order valence-electron chi connectivity index (χ3n) is 3.49. The molecule has 0 saturated carbocycles. The number of hydrogen-bond donors (Lipinski definition) is 1. The highest BCUT2D eigenvalue weighted by Gasteiger charge is 2.31. The first kappa shape index (κ1) is 16.5. The highest BCUT2D eigenvalue weighted by molar-refractivity contribution is 6.31. The number of hydrogen-bond acceptors (Lipinski definition) is 2. The van der Waals surface area contributed by atoms with Crippen molar-refractivity contribution in [1.29, 1.82) is 0 Å². The van der Waals surface area contributed by atoms with Gasteiger partial charge in [-0.05, 0) is 43.0 Å². The van der Waals surface area contributed by atoms with Crippen LogP contribution < -0.4 is 5.32 Å². The Morgan fingerprint density at radius 3 is 2.37 bits per heavy atom. The van der Waals surface area contributed by atoms with Crippen LogP contribution in [-0.4, -0.2) is 26.3 Å². The Bertz CT molecular complexity index is 412. The van der Waals surface area contributed by atoms with Gasteiger partial charge in [-0.25, -0.2) is 0 Å². The van der Waals surface area contributed by atoms with E-state index in [0.29, 0.717) is 0 Å². The molecule has 1 rings (SSSR count). The van der Waals surface area contributed by atoms with Gasteiger partial charge >= 0.3 is 0 Å². The smallest absolute Gasteiger partial charge is 0.0775 e. The molecule has 0 radical (unpaired) electrons. The molecular formula is C16H26ClNO. The third kappa shape index (κ3) is 4.48. The summed E-state index contributed by atoms with van der Waals surface area (Å²) in [5, 5.41) is 4.20. The normalized spacial score (nSPS) is 15.3. The van der Waals surface area contributed by atoms with Crippen molar-refractivity contribution in [2.45, 2.75) is 46.3 Å². The molecule has 0 amide bonds. The highest BCUT2D eigenvalue weighted by atomic mass is 35.5. The SMILES string of the molecule is CNC(Cc1ccc(C)cc1Cl)C(OC)C(C)(C)C. The molecule has 19 heavy (non-hydrogen) atoms. The number of halogens is 1. The van der Waals surface area contributed by atoms with Gasteiger partial charge in [-0.3, -0.25) is 0 Å². The van der Waals surface area contributed by atoms with Gasteiger partial charge in [0.25, 0.3) is 0 Å². The van der Waals surface area contributed by atoms with E-state index in [0.717, 1.165) is 17.0 Å². The number of nitrogens with one attached hydrogen (secondary N) is 1. The molecule has 2 unspecified atom stereocenters. The Labute approximate surface area is 122 Å². The van der Waals surface area contributed by atoms with Gasteiger partial charge in [0, 0.05) is 18.2 Å². The van der Waals surface area contributed by atoms with E-state index in [2.05, 4.69) is 45.1 Å². The summed E-state index contributed by atoms with van der Waals surface area (Å²) < 4.78 is 5.70. The number of rotatable bonds is 5. The molecule has 0 aromatic heterocycles. The quantitative estimate of drug-likeness (QED) is 0.886. The Hall–Kier alpha value is -0.570.